The fraction of sp³-hybridized carbons (Fsp3) is 0.0833. The van der Waals surface area contributed by atoms with Crippen LogP contribution < -0.4 is 10.5 Å². The maximum Gasteiger partial charge on any atom is 0.262 e. The molecule has 106 valence electrons. The number of hydrogen-bond acceptors (Lipinski definition) is 4. The van der Waals surface area contributed by atoms with Crippen LogP contribution in [-0.4, -0.2) is 13.4 Å². The van der Waals surface area contributed by atoms with Gasteiger partial charge in [0.05, 0.1) is 10.6 Å². The molecule has 1 heterocycles. The minimum absolute atomic E-state index is 0.0516. The Morgan fingerprint density at radius 1 is 1.35 bits per heavy atom. The molecule has 20 heavy (non-hydrogen) atoms. The van der Waals surface area contributed by atoms with Crippen molar-refractivity contribution in [3.63, 3.8) is 0 Å². The molecule has 0 saturated heterocycles. The summed E-state index contributed by atoms with van der Waals surface area (Å²) in [5.41, 5.74) is 7.05. The van der Waals surface area contributed by atoms with Crippen LogP contribution in [0.2, 0.25) is 5.15 Å². The van der Waals surface area contributed by atoms with E-state index in [1.165, 1.54) is 12.1 Å². The van der Waals surface area contributed by atoms with Gasteiger partial charge in [0.2, 0.25) is 0 Å². The molecule has 0 unspecified atom stereocenters. The number of anilines is 2. The molecule has 0 aliphatic carbocycles. The van der Waals surface area contributed by atoms with Gasteiger partial charge >= 0.3 is 0 Å². The Bertz CT molecular complexity index is 765. The lowest BCUT2D eigenvalue weighted by molar-refractivity contribution is 0.601. The highest BCUT2D eigenvalue weighted by molar-refractivity contribution is 9.10. The Labute approximate surface area is 130 Å². The predicted molar refractivity (Wildman–Crippen MR) is 83.3 cm³/mol. The molecule has 8 heteroatoms. The molecule has 2 aromatic rings. The van der Waals surface area contributed by atoms with E-state index in [2.05, 4.69) is 25.6 Å². The van der Waals surface area contributed by atoms with Gasteiger partial charge in [-0.05, 0) is 52.7 Å². The molecule has 0 saturated carbocycles. The second-order valence-electron chi connectivity index (χ2n) is 4.14. The van der Waals surface area contributed by atoms with Crippen molar-refractivity contribution in [3.05, 3.63) is 45.7 Å². The minimum Gasteiger partial charge on any atom is -0.398 e. The van der Waals surface area contributed by atoms with Crippen molar-refractivity contribution in [2.75, 3.05) is 10.5 Å². The summed E-state index contributed by atoms with van der Waals surface area (Å²) in [6.45, 7) is 1.79. The lowest BCUT2D eigenvalue weighted by Gasteiger charge is -2.10. The van der Waals surface area contributed by atoms with Gasteiger partial charge in [0.25, 0.3) is 10.0 Å². The van der Waals surface area contributed by atoms with Gasteiger partial charge in [-0.3, -0.25) is 4.72 Å². The minimum atomic E-state index is -3.77. The molecule has 3 N–H and O–H groups in total. The van der Waals surface area contributed by atoms with Gasteiger partial charge < -0.3 is 5.73 Å². The van der Waals surface area contributed by atoms with E-state index in [9.17, 15) is 8.42 Å². The first-order valence-electron chi connectivity index (χ1n) is 5.49. The number of sulfonamides is 1. The third kappa shape index (κ3) is 3.23. The first-order valence-corrected chi connectivity index (χ1v) is 8.15. The largest absolute Gasteiger partial charge is 0.398 e. The average molecular weight is 377 g/mol. The molecular weight excluding hydrogens is 366 g/mol. The van der Waals surface area contributed by atoms with E-state index in [0.29, 0.717) is 10.2 Å². The zero-order valence-electron chi connectivity index (χ0n) is 10.4. The Hall–Kier alpha value is -1.31. The summed E-state index contributed by atoms with van der Waals surface area (Å²) in [6.07, 6.45) is 1.55. The third-order valence-corrected chi connectivity index (χ3v) is 4.88. The normalized spacial score (nSPS) is 11.3. The van der Waals surface area contributed by atoms with Gasteiger partial charge in [-0.15, -0.1) is 0 Å². The number of aromatic nitrogens is 1. The van der Waals surface area contributed by atoms with E-state index in [-0.39, 0.29) is 15.7 Å². The summed E-state index contributed by atoms with van der Waals surface area (Å²) in [7, 11) is -3.77. The fourth-order valence-corrected chi connectivity index (χ4v) is 3.06. The highest BCUT2D eigenvalue weighted by Crippen LogP contribution is 2.26. The number of halogens is 2. The van der Waals surface area contributed by atoms with E-state index in [1.54, 1.807) is 25.3 Å². The van der Waals surface area contributed by atoms with Gasteiger partial charge in [-0.2, -0.15) is 0 Å². The number of nitrogens with zero attached hydrogens (tertiary/aromatic N) is 1. The molecule has 0 atom stereocenters. The van der Waals surface area contributed by atoms with Crippen LogP contribution in [0.5, 0.6) is 0 Å². The summed E-state index contributed by atoms with van der Waals surface area (Å²) in [5, 5.41) is 0.0873. The second-order valence-corrected chi connectivity index (χ2v) is 7.03. The smallest absolute Gasteiger partial charge is 0.262 e. The van der Waals surface area contributed by atoms with E-state index < -0.39 is 10.0 Å². The van der Waals surface area contributed by atoms with Crippen molar-refractivity contribution in [2.24, 2.45) is 0 Å². The number of hydrogen-bond donors (Lipinski definition) is 2. The maximum absolute atomic E-state index is 12.3. The van der Waals surface area contributed by atoms with Gasteiger partial charge in [0.1, 0.15) is 0 Å². The lowest BCUT2D eigenvalue weighted by atomic mass is 10.3. The second kappa shape index (κ2) is 5.59. The molecule has 0 aliphatic heterocycles. The number of pyridine rings is 1. The van der Waals surface area contributed by atoms with Crippen molar-refractivity contribution in [2.45, 2.75) is 11.8 Å². The van der Waals surface area contributed by atoms with Gasteiger partial charge in [-0.25, -0.2) is 13.4 Å². The molecule has 0 spiro atoms. The summed E-state index contributed by atoms with van der Waals surface area (Å²) >= 11 is 9.09. The number of nitrogens with two attached hydrogens (primary N) is 1. The maximum atomic E-state index is 12.3. The molecule has 0 fully saturated rings. The summed E-state index contributed by atoms with van der Waals surface area (Å²) in [4.78, 5) is 3.95. The highest BCUT2D eigenvalue weighted by atomic mass is 79.9. The van der Waals surface area contributed by atoms with E-state index >= 15 is 0 Å². The van der Waals surface area contributed by atoms with E-state index in [4.69, 9.17) is 17.3 Å². The third-order valence-electron chi connectivity index (χ3n) is 2.50. The molecule has 5 nitrogen and oxygen atoms in total. The highest BCUT2D eigenvalue weighted by Gasteiger charge is 2.17. The number of rotatable bonds is 3. The average Bonchev–Trinajstić information content (AvgIpc) is 2.36. The lowest BCUT2D eigenvalue weighted by Crippen LogP contribution is -2.14. The molecule has 0 aliphatic rings. The van der Waals surface area contributed by atoms with Crippen LogP contribution in [-0.2, 0) is 10.0 Å². The Balaban J connectivity index is 2.40. The van der Waals surface area contributed by atoms with Crippen molar-refractivity contribution >= 4 is 48.9 Å². The van der Waals surface area contributed by atoms with Crippen molar-refractivity contribution in [3.8, 4) is 0 Å². The number of aryl methyl sites for hydroxylation is 1. The van der Waals surface area contributed by atoms with Crippen molar-refractivity contribution in [1.82, 2.24) is 4.98 Å². The van der Waals surface area contributed by atoms with Crippen LogP contribution >= 0.6 is 27.5 Å². The van der Waals surface area contributed by atoms with Crippen molar-refractivity contribution in [1.29, 1.82) is 0 Å². The summed E-state index contributed by atoms with van der Waals surface area (Å²) < 4.78 is 27.5. The molecule has 0 radical (unpaired) electrons. The summed E-state index contributed by atoms with van der Waals surface area (Å²) in [6, 6.07) is 5.98. The fourth-order valence-electron chi connectivity index (χ4n) is 1.52. The SMILES string of the molecule is Cc1cnc(Cl)c(NS(=O)(=O)c2ccc(Br)c(N)c2)c1. The van der Waals surface area contributed by atoms with Crippen LogP contribution in [0, 0.1) is 6.92 Å². The van der Waals surface area contributed by atoms with Crippen LogP contribution in [0.1, 0.15) is 5.56 Å². The monoisotopic (exact) mass is 375 g/mol. The molecule has 1 aromatic heterocycles. The Kier molecular flexibility index (Phi) is 4.22. The van der Waals surface area contributed by atoms with Crippen LogP contribution in [0.4, 0.5) is 11.4 Å². The topological polar surface area (TPSA) is 85.1 Å². The molecule has 0 bridgehead atoms. The van der Waals surface area contributed by atoms with Gasteiger partial charge in [0.15, 0.2) is 5.15 Å². The summed E-state index contributed by atoms with van der Waals surface area (Å²) in [5.74, 6) is 0. The number of nitrogen functional groups attached to an aromatic ring is 1. The zero-order valence-corrected chi connectivity index (χ0v) is 13.6. The molecular formula is C12H11BrClN3O2S. The van der Waals surface area contributed by atoms with Crippen molar-refractivity contribution < 1.29 is 8.42 Å². The Morgan fingerprint density at radius 2 is 2.05 bits per heavy atom. The van der Waals surface area contributed by atoms with Gasteiger partial charge in [-0.1, -0.05) is 11.6 Å². The standard InChI is InChI=1S/C12H11BrClN3O2S/c1-7-4-11(12(14)16-6-7)17-20(18,19)8-2-3-9(13)10(15)5-8/h2-6,17H,15H2,1H3. The molecule has 1 aromatic carbocycles. The predicted octanol–water partition coefficient (Wildman–Crippen LogP) is 3.19. The first kappa shape index (κ1) is 15.1. The number of nitrogens with one attached hydrogen (secondary N) is 1. The van der Waals surface area contributed by atoms with Crippen LogP contribution in [0.15, 0.2) is 39.8 Å². The van der Waals surface area contributed by atoms with E-state index in [1.807, 2.05) is 0 Å². The molecule has 2 rings (SSSR count). The number of benzene rings is 1. The van der Waals surface area contributed by atoms with E-state index in [0.717, 1.165) is 5.56 Å². The van der Waals surface area contributed by atoms with Crippen LogP contribution in [0.3, 0.4) is 0 Å². The zero-order chi connectivity index (χ0) is 14.9. The van der Waals surface area contributed by atoms with Crippen LogP contribution in [0.25, 0.3) is 0 Å². The first-order chi connectivity index (χ1) is 9.29. The quantitative estimate of drug-likeness (QED) is 0.636. The molecule has 0 amide bonds. The Morgan fingerprint density at radius 3 is 2.70 bits per heavy atom. The van der Waals surface area contributed by atoms with Gasteiger partial charge in [0, 0.05) is 16.4 Å².